The molecule has 1 fully saturated rings. The molecule has 0 aliphatic carbocycles. The van der Waals surface area contributed by atoms with Crippen LogP contribution in [0.25, 0.3) is 11.4 Å². The van der Waals surface area contributed by atoms with Gasteiger partial charge in [-0.2, -0.15) is 5.21 Å². The average Bonchev–Trinajstić information content (AvgIpc) is 3.35. The first kappa shape index (κ1) is 20.5. The van der Waals surface area contributed by atoms with Crippen molar-refractivity contribution in [1.82, 2.24) is 25.5 Å². The Morgan fingerprint density at radius 2 is 1.81 bits per heavy atom. The van der Waals surface area contributed by atoms with Gasteiger partial charge in [-0.25, -0.2) is 0 Å². The molecular formula is C21H23N7O3. The third kappa shape index (κ3) is 5.04. The first-order valence-electron chi connectivity index (χ1n) is 9.92. The zero-order chi connectivity index (χ0) is 21.6. The zero-order valence-electron chi connectivity index (χ0n) is 17.1. The number of tetrazole rings is 1. The molecule has 0 radical (unpaired) electrons. The molecular weight excluding hydrogens is 398 g/mol. The van der Waals surface area contributed by atoms with Crippen LogP contribution in [0.2, 0.25) is 0 Å². The highest BCUT2D eigenvalue weighted by atomic mass is 16.5. The number of rotatable bonds is 6. The van der Waals surface area contributed by atoms with Crippen LogP contribution in [0.5, 0.6) is 0 Å². The highest BCUT2D eigenvalue weighted by Crippen LogP contribution is 2.19. The number of H-pyrrole nitrogens is 1. The Morgan fingerprint density at radius 1 is 1.10 bits per heavy atom. The third-order valence-corrected chi connectivity index (χ3v) is 4.99. The van der Waals surface area contributed by atoms with Crippen molar-refractivity contribution in [2.45, 2.75) is 0 Å². The number of aromatic amines is 1. The minimum absolute atomic E-state index is 0.0589. The molecule has 3 aromatic rings. The number of ether oxygens (including phenoxy) is 1. The Bertz CT molecular complexity index is 1010. The summed E-state index contributed by atoms with van der Waals surface area (Å²) in [6.07, 6.45) is 0. The van der Waals surface area contributed by atoms with Crippen LogP contribution in [0.4, 0.5) is 11.4 Å². The van der Waals surface area contributed by atoms with Crippen molar-refractivity contribution in [3.63, 3.8) is 0 Å². The van der Waals surface area contributed by atoms with Crippen molar-refractivity contribution in [3.05, 3.63) is 54.1 Å². The Morgan fingerprint density at radius 3 is 2.45 bits per heavy atom. The number of hydrogen-bond donors (Lipinski definition) is 2. The van der Waals surface area contributed by atoms with Crippen LogP contribution >= 0.6 is 0 Å². The van der Waals surface area contributed by atoms with Crippen molar-refractivity contribution in [2.75, 3.05) is 50.1 Å². The summed E-state index contributed by atoms with van der Waals surface area (Å²) < 4.78 is 5.37. The van der Waals surface area contributed by atoms with E-state index >= 15 is 0 Å². The lowest BCUT2D eigenvalue weighted by molar-refractivity contribution is -0.116. The van der Waals surface area contributed by atoms with Gasteiger partial charge in [-0.15, -0.1) is 10.2 Å². The second-order valence-corrected chi connectivity index (χ2v) is 7.17. The van der Waals surface area contributed by atoms with Gasteiger partial charge in [0.05, 0.1) is 19.8 Å². The van der Waals surface area contributed by atoms with Gasteiger partial charge in [-0.05, 0) is 41.6 Å². The van der Waals surface area contributed by atoms with E-state index in [-0.39, 0.29) is 18.4 Å². The SMILES string of the molecule is CN(CC(=O)Nc1ccc(N2CCOCC2)cc1)C(=O)c1ccc(-c2nn[nH]n2)cc1. The molecule has 2 heterocycles. The molecule has 4 rings (SSSR count). The fraction of sp³-hybridized carbons (Fsp3) is 0.286. The van der Waals surface area contributed by atoms with Gasteiger partial charge in [0.25, 0.3) is 5.91 Å². The minimum Gasteiger partial charge on any atom is -0.378 e. The van der Waals surface area contributed by atoms with Crippen LogP contribution in [-0.4, -0.2) is 77.2 Å². The molecule has 0 atom stereocenters. The van der Waals surface area contributed by atoms with Crippen molar-refractivity contribution < 1.29 is 14.3 Å². The molecule has 31 heavy (non-hydrogen) atoms. The second kappa shape index (κ2) is 9.35. The largest absolute Gasteiger partial charge is 0.378 e. The minimum atomic E-state index is -0.265. The molecule has 10 heteroatoms. The number of anilines is 2. The average molecular weight is 421 g/mol. The number of amides is 2. The Kier molecular flexibility index (Phi) is 6.18. The molecule has 0 saturated carbocycles. The molecule has 2 N–H and O–H groups in total. The number of likely N-dealkylation sites (N-methyl/N-ethyl adjacent to an activating group) is 1. The standard InChI is InChI=1S/C21H23N7O3/c1-27(21(30)16-4-2-15(3-5-16)20-23-25-26-24-20)14-19(29)22-17-6-8-18(9-7-17)28-10-12-31-13-11-28/h2-9H,10-14H2,1H3,(H,22,29)(H,23,24,25,26). The summed E-state index contributed by atoms with van der Waals surface area (Å²) in [5, 5.41) is 16.5. The first-order chi connectivity index (χ1) is 15.1. The summed E-state index contributed by atoms with van der Waals surface area (Å²) >= 11 is 0. The van der Waals surface area contributed by atoms with E-state index in [1.54, 1.807) is 31.3 Å². The van der Waals surface area contributed by atoms with Crippen LogP contribution in [0.1, 0.15) is 10.4 Å². The molecule has 160 valence electrons. The lowest BCUT2D eigenvalue weighted by Crippen LogP contribution is -2.36. The Hall–Kier alpha value is -3.79. The molecule has 1 saturated heterocycles. The molecule has 10 nitrogen and oxygen atoms in total. The van der Waals surface area contributed by atoms with Gasteiger partial charge in [0.1, 0.15) is 0 Å². The fourth-order valence-electron chi connectivity index (χ4n) is 3.33. The van der Waals surface area contributed by atoms with E-state index in [2.05, 4.69) is 30.8 Å². The highest BCUT2D eigenvalue weighted by Gasteiger charge is 2.16. The van der Waals surface area contributed by atoms with Crippen LogP contribution in [0, 0.1) is 0 Å². The maximum atomic E-state index is 12.6. The van der Waals surface area contributed by atoms with Gasteiger partial charge in [-0.3, -0.25) is 9.59 Å². The predicted octanol–water partition coefficient (Wildman–Crippen LogP) is 1.41. The summed E-state index contributed by atoms with van der Waals surface area (Å²) in [5.74, 6) is -0.0674. The monoisotopic (exact) mass is 421 g/mol. The van der Waals surface area contributed by atoms with E-state index in [1.165, 1.54) is 4.90 Å². The molecule has 0 spiro atoms. The lowest BCUT2D eigenvalue weighted by Gasteiger charge is -2.28. The van der Waals surface area contributed by atoms with Gasteiger partial charge >= 0.3 is 0 Å². The van der Waals surface area contributed by atoms with Gasteiger partial charge in [0.15, 0.2) is 0 Å². The van der Waals surface area contributed by atoms with Gasteiger partial charge in [0.2, 0.25) is 11.7 Å². The summed E-state index contributed by atoms with van der Waals surface area (Å²) in [4.78, 5) is 28.6. The van der Waals surface area contributed by atoms with Crippen LogP contribution in [0.15, 0.2) is 48.5 Å². The number of carbonyl (C=O) groups excluding carboxylic acids is 2. The van der Waals surface area contributed by atoms with Crippen molar-refractivity contribution in [3.8, 4) is 11.4 Å². The molecule has 1 aliphatic heterocycles. The van der Waals surface area contributed by atoms with Gasteiger partial charge in [0, 0.05) is 42.6 Å². The van der Waals surface area contributed by atoms with E-state index in [9.17, 15) is 9.59 Å². The first-order valence-corrected chi connectivity index (χ1v) is 9.92. The summed E-state index contributed by atoms with van der Waals surface area (Å²) in [6, 6.07) is 14.5. The number of morpholine rings is 1. The fourth-order valence-corrected chi connectivity index (χ4v) is 3.33. The van der Waals surface area contributed by atoms with Gasteiger partial charge < -0.3 is 19.9 Å². The van der Waals surface area contributed by atoms with Crippen molar-refractivity contribution in [2.24, 2.45) is 0 Å². The van der Waals surface area contributed by atoms with Crippen molar-refractivity contribution in [1.29, 1.82) is 0 Å². The predicted molar refractivity (Wildman–Crippen MR) is 115 cm³/mol. The summed E-state index contributed by atoms with van der Waals surface area (Å²) in [7, 11) is 1.59. The third-order valence-electron chi connectivity index (χ3n) is 4.99. The Labute approximate surface area is 179 Å². The maximum absolute atomic E-state index is 12.6. The van der Waals surface area contributed by atoms with Crippen LogP contribution in [0.3, 0.4) is 0 Å². The highest BCUT2D eigenvalue weighted by molar-refractivity contribution is 5.99. The number of aromatic nitrogens is 4. The molecule has 2 aromatic carbocycles. The molecule has 1 aromatic heterocycles. The van der Waals surface area contributed by atoms with E-state index in [0.717, 1.165) is 37.6 Å². The van der Waals surface area contributed by atoms with Crippen LogP contribution < -0.4 is 10.2 Å². The molecule has 0 bridgehead atoms. The van der Waals surface area contributed by atoms with E-state index < -0.39 is 0 Å². The number of benzene rings is 2. The summed E-state index contributed by atoms with van der Waals surface area (Å²) in [6.45, 7) is 3.09. The topological polar surface area (TPSA) is 116 Å². The Balaban J connectivity index is 1.31. The lowest BCUT2D eigenvalue weighted by atomic mass is 10.1. The molecule has 0 unspecified atom stereocenters. The van der Waals surface area contributed by atoms with Crippen LogP contribution in [-0.2, 0) is 9.53 Å². The maximum Gasteiger partial charge on any atom is 0.254 e. The van der Waals surface area contributed by atoms with E-state index in [0.29, 0.717) is 17.1 Å². The normalized spacial score (nSPS) is 13.6. The van der Waals surface area contributed by atoms with Crippen molar-refractivity contribution >= 4 is 23.2 Å². The molecule has 1 aliphatic rings. The summed E-state index contributed by atoms with van der Waals surface area (Å²) in [5.41, 5.74) is 2.99. The number of nitrogens with zero attached hydrogens (tertiary/aromatic N) is 5. The quantitative estimate of drug-likeness (QED) is 0.618. The van der Waals surface area contributed by atoms with E-state index in [1.807, 2.05) is 24.3 Å². The van der Waals surface area contributed by atoms with Gasteiger partial charge in [-0.1, -0.05) is 12.1 Å². The number of carbonyl (C=O) groups is 2. The zero-order valence-corrected chi connectivity index (χ0v) is 17.1. The number of nitrogens with one attached hydrogen (secondary N) is 2. The molecule has 2 amide bonds. The number of hydrogen-bond acceptors (Lipinski definition) is 7. The second-order valence-electron chi connectivity index (χ2n) is 7.17. The smallest absolute Gasteiger partial charge is 0.254 e. The van der Waals surface area contributed by atoms with E-state index in [4.69, 9.17) is 4.74 Å².